The van der Waals surface area contributed by atoms with Crippen molar-refractivity contribution in [3.05, 3.63) is 59.7 Å². The highest BCUT2D eigenvalue weighted by Crippen LogP contribution is 2.34. The van der Waals surface area contributed by atoms with Crippen molar-refractivity contribution < 1.29 is 18.9 Å². The SMILES string of the molecule is CCCCC1(COCc2ccc(-c3ccc(COCC4(CCC)COC4)cc3)cc2)COC1. The Balaban J connectivity index is 1.22. The van der Waals surface area contributed by atoms with Crippen LogP contribution in [0.4, 0.5) is 0 Å². The number of rotatable bonds is 14. The molecule has 4 heteroatoms. The maximum absolute atomic E-state index is 6.07. The largest absolute Gasteiger partial charge is 0.380 e. The maximum Gasteiger partial charge on any atom is 0.0717 e. The highest BCUT2D eigenvalue weighted by molar-refractivity contribution is 5.63. The Bertz CT molecular complexity index is 835. The normalized spacial score (nSPS) is 18.5. The third-order valence-corrected chi connectivity index (χ3v) is 7.07. The molecule has 2 aliphatic heterocycles. The summed E-state index contributed by atoms with van der Waals surface area (Å²) in [5.41, 5.74) is 5.40. The first kappa shape index (κ1) is 24.4. The van der Waals surface area contributed by atoms with Crippen molar-refractivity contribution in [3.63, 3.8) is 0 Å². The summed E-state index contributed by atoms with van der Waals surface area (Å²) < 4.78 is 23.0. The molecule has 33 heavy (non-hydrogen) atoms. The van der Waals surface area contributed by atoms with Gasteiger partial charge in [-0.2, -0.15) is 0 Å². The molecule has 0 saturated carbocycles. The molecule has 0 atom stereocenters. The van der Waals surface area contributed by atoms with E-state index in [1.807, 2.05) is 0 Å². The van der Waals surface area contributed by atoms with Crippen molar-refractivity contribution in [1.29, 1.82) is 0 Å². The molecular weight excluding hydrogens is 412 g/mol. The smallest absolute Gasteiger partial charge is 0.0717 e. The molecule has 0 N–H and O–H groups in total. The number of unbranched alkanes of at least 4 members (excludes halogenated alkanes) is 1. The summed E-state index contributed by atoms with van der Waals surface area (Å²) in [4.78, 5) is 0. The number of hydrogen-bond donors (Lipinski definition) is 0. The fourth-order valence-corrected chi connectivity index (χ4v) is 4.82. The lowest BCUT2D eigenvalue weighted by Gasteiger charge is -2.41. The van der Waals surface area contributed by atoms with Crippen LogP contribution in [0.1, 0.15) is 57.1 Å². The van der Waals surface area contributed by atoms with Gasteiger partial charge in [-0.15, -0.1) is 0 Å². The second kappa shape index (κ2) is 11.6. The Morgan fingerprint density at radius 2 is 1.09 bits per heavy atom. The van der Waals surface area contributed by atoms with Crippen LogP contribution in [0, 0.1) is 10.8 Å². The first-order chi connectivity index (χ1) is 16.2. The van der Waals surface area contributed by atoms with E-state index in [0.717, 1.165) is 39.6 Å². The molecule has 0 radical (unpaired) electrons. The lowest BCUT2D eigenvalue weighted by molar-refractivity contribution is -0.155. The quantitative estimate of drug-likeness (QED) is 0.332. The molecule has 2 aromatic carbocycles. The van der Waals surface area contributed by atoms with E-state index in [-0.39, 0.29) is 10.8 Å². The van der Waals surface area contributed by atoms with Crippen molar-refractivity contribution in [3.8, 4) is 11.1 Å². The molecule has 2 aliphatic rings. The van der Waals surface area contributed by atoms with Gasteiger partial charge in [-0.3, -0.25) is 0 Å². The molecular formula is C29H40O4. The van der Waals surface area contributed by atoms with Crippen molar-refractivity contribution >= 4 is 0 Å². The van der Waals surface area contributed by atoms with Gasteiger partial charge in [-0.25, -0.2) is 0 Å². The first-order valence-corrected chi connectivity index (χ1v) is 12.7. The van der Waals surface area contributed by atoms with Gasteiger partial charge in [-0.1, -0.05) is 81.6 Å². The second-order valence-corrected chi connectivity index (χ2v) is 10.2. The fraction of sp³-hybridized carbons (Fsp3) is 0.586. The van der Waals surface area contributed by atoms with Crippen molar-refractivity contribution in [2.24, 2.45) is 10.8 Å². The minimum atomic E-state index is 0.252. The summed E-state index contributed by atoms with van der Waals surface area (Å²) in [6.45, 7) is 10.8. The van der Waals surface area contributed by atoms with Gasteiger partial charge in [0.05, 0.1) is 52.9 Å². The van der Waals surface area contributed by atoms with Gasteiger partial charge in [0.15, 0.2) is 0 Å². The highest BCUT2D eigenvalue weighted by atomic mass is 16.5. The van der Waals surface area contributed by atoms with E-state index in [1.54, 1.807) is 0 Å². The zero-order valence-electron chi connectivity index (χ0n) is 20.4. The predicted molar refractivity (Wildman–Crippen MR) is 132 cm³/mol. The van der Waals surface area contributed by atoms with Gasteiger partial charge in [0.2, 0.25) is 0 Å². The van der Waals surface area contributed by atoms with E-state index in [9.17, 15) is 0 Å². The Morgan fingerprint density at radius 3 is 1.45 bits per heavy atom. The van der Waals surface area contributed by atoms with Gasteiger partial charge < -0.3 is 18.9 Å². The van der Waals surface area contributed by atoms with Gasteiger partial charge in [0.25, 0.3) is 0 Å². The third kappa shape index (κ3) is 6.45. The summed E-state index contributed by atoms with van der Waals surface area (Å²) in [6, 6.07) is 17.5. The minimum Gasteiger partial charge on any atom is -0.380 e. The summed E-state index contributed by atoms with van der Waals surface area (Å²) in [5.74, 6) is 0. The summed E-state index contributed by atoms with van der Waals surface area (Å²) >= 11 is 0. The Hall–Kier alpha value is -1.72. The molecule has 0 bridgehead atoms. The average Bonchev–Trinajstić information content (AvgIpc) is 2.79. The van der Waals surface area contributed by atoms with E-state index in [1.165, 1.54) is 54.4 Å². The van der Waals surface area contributed by atoms with E-state index in [2.05, 4.69) is 62.4 Å². The van der Waals surface area contributed by atoms with E-state index >= 15 is 0 Å². The molecule has 0 unspecified atom stereocenters. The van der Waals surface area contributed by atoms with Crippen LogP contribution >= 0.6 is 0 Å². The highest BCUT2D eigenvalue weighted by Gasteiger charge is 2.38. The molecule has 0 aromatic heterocycles. The van der Waals surface area contributed by atoms with Crippen LogP contribution in [0.5, 0.6) is 0 Å². The molecule has 2 saturated heterocycles. The van der Waals surface area contributed by atoms with Gasteiger partial charge in [0.1, 0.15) is 0 Å². The van der Waals surface area contributed by atoms with Gasteiger partial charge in [0, 0.05) is 10.8 Å². The Morgan fingerprint density at radius 1 is 0.636 bits per heavy atom. The Labute approximate surface area is 199 Å². The van der Waals surface area contributed by atoms with Crippen LogP contribution in [0.3, 0.4) is 0 Å². The summed E-state index contributed by atoms with van der Waals surface area (Å²) in [7, 11) is 0. The zero-order chi connectivity index (χ0) is 23.0. The monoisotopic (exact) mass is 452 g/mol. The van der Waals surface area contributed by atoms with E-state index < -0.39 is 0 Å². The molecule has 0 spiro atoms. The number of ether oxygens (including phenoxy) is 4. The molecule has 0 aliphatic carbocycles. The van der Waals surface area contributed by atoms with Crippen LogP contribution in [0.2, 0.25) is 0 Å². The molecule has 180 valence electrons. The van der Waals surface area contributed by atoms with Crippen LogP contribution in [-0.4, -0.2) is 39.6 Å². The van der Waals surface area contributed by atoms with E-state index in [0.29, 0.717) is 13.2 Å². The van der Waals surface area contributed by atoms with Crippen molar-refractivity contribution in [1.82, 2.24) is 0 Å². The lowest BCUT2D eigenvalue weighted by atomic mass is 9.82. The topological polar surface area (TPSA) is 36.9 Å². The standard InChI is InChI=1S/C29H40O4/c1-3-5-15-29(22-33-23-29)19-31-17-25-8-12-27(13-9-25)26-10-6-24(7-11-26)16-30-18-28(14-4-2)20-32-21-28/h6-13H,3-5,14-23H2,1-2H3. The first-order valence-electron chi connectivity index (χ1n) is 12.7. The second-order valence-electron chi connectivity index (χ2n) is 10.2. The van der Waals surface area contributed by atoms with Crippen LogP contribution in [-0.2, 0) is 32.2 Å². The number of benzene rings is 2. The lowest BCUT2D eigenvalue weighted by Crippen LogP contribution is -2.46. The fourth-order valence-electron chi connectivity index (χ4n) is 4.82. The Kier molecular flexibility index (Phi) is 8.59. The van der Waals surface area contributed by atoms with Crippen LogP contribution in [0.25, 0.3) is 11.1 Å². The molecule has 2 aromatic rings. The van der Waals surface area contributed by atoms with Crippen molar-refractivity contribution in [2.45, 2.75) is 59.2 Å². The zero-order valence-corrected chi connectivity index (χ0v) is 20.4. The maximum atomic E-state index is 6.07. The molecule has 4 rings (SSSR count). The predicted octanol–water partition coefficient (Wildman–Crippen LogP) is 6.41. The number of hydrogen-bond acceptors (Lipinski definition) is 4. The van der Waals surface area contributed by atoms with Crippen molar-refractivity contribution in [2.75, 3.05) is 39.6 Å². The third-order valence-electron chi connectivity index (χ3n) is 7.07. The molecule has 2 fully saturated rings. The average molecular weight is 453 g/mol. The van der Waals surface area contributed by atoms with Gasteiger partial charge in [-0.05, 0) is 35.1 Å². The summed E-state index contributed by atoms with van der Waals surface area (Å²) in [5, 5.41) is 0. The summed E-state index contributed by atoms with van der Waals surface area (Å²) in [6.07, 6.45) is 6.05. The molecule has 4 nitrogen and oxygen atoms in total. The van der Waals surface area contributed by atoms with Crippen LogP contribution in [0.15, 0.2) is 48.5 Å². The minimum absolute atomic E-state index is 0.252. The van der Waals surface area contributed by atoms with Crippen LogP contribution < -0.4 is 0 Å². The van der Waals surface area contributed by atoms with E-state index in [4.69, 9.17) is 18.9 Å². The molecule has 0 amide bonds. The van der Waals surface area contributed by atoms with Gasteiger partial charge >= 0.3 is 0 Å². The molecule has 2 heterocycles.